The van der Waals surface area contributed by atoms with Crippen LogP contribution in [0.15, 0.2) is 30.3 Å². The van der Waals surface area contributed by atoms with Crippen molar-refractivity contribution in [1.82, 2.24) is 0 Å². The van der Waals surface area contributed by atoms with Gasteiger partial charge < -0.3 is 14.6 Å². The molecule has 0 radical (unpaired) electrons. The molecule has 1 atom stereocenters. The summed E-state index contributed by atoms with van der Waals surface area (Å²) < 4.78 is 9.47. The first-order valence-corrected chi connectivity index (χ1v) is 5.30. The van der Waals surface area contributed by atoms with Crippen molar-refractivity contribution in [2.24, 2.45) is 0 Å². The fraction of sp³-hybridized carbons (Fsp3) is 0.417. The average molecular weight is 226 g/mol. The molecule has 4 nitrogen and oxygen atoms in total. The van der Waals surface area contributed by atoms with E-state index in [4.69, 9.17) is 4.74 Å². The zero-order valence-corrected chi connectivity index (χ0v) is 9.84. The molecule has 0 heterocycles. The van der Waals surface area contributed by atoms with Crippen molar-refractivity contribution < 1.29 is 19.4 Å². The van der Waals surface area contributed by atoms with Crippen LogP contribution in [0.3, 0.4) is 0 Å². The Bertz CT molecular complexity index is 284. The van der Waals surface area contributed by atoms with E-state index in [-0.39, 0.29) is 6.61 Å². The molecule has 4 heteroatoms. The Morgan fingerprint density at radius 1 is 1.31 bits per heavy atom. The number of hydrogen-bond acceptors (Lipinski definition) is 4. The van der Waals surface area contributed by atoms with Crippen LogP contribution in [0.25, 0.3) is 0 Å². The second kappa shape index (κ2) is 8.73. The summed E-state index contributed by atoms with van der Waals surface area (Å²) in [5.41, 5.74) is 0. The Balaban J connectivity index is 0.00000106. The van der Waals surface area contributed by atoms with Crippen LogP contribution in [0, 0.1) is 0 Å². The zero-order valence-electron chi connectivity index (χ0n) is 9.84. The Hall–Kier alpha value is -1.55. The highest BCUT2D eigenvalue weighted by Gasteiger charge is 2.17. The summed E-state index contributed by atoms with van der Waals surface area (Å²) in [7, 11) is 0. The molecule has 1 N–H and O–H groups in total. The topological polar surface area (TPSA) is 55.8 Å². The highest BCUT2D eigenvalue weighted by Crippen LogP contribution is 2.10. The lowest BCUT2D eigenvalue weighted by molar-refractivity contribution is -0.168. The minimum atomic E-state index is -1.56. The number of esters is 1. The van der Waals surface area contributed by atoms with E-state index < -0.39 is 12.3 Å². The molecular weight excluding hydrogens is 208 g/mol. The molecule has 0 saturated heterocycles. The Labute approximate surface area is 95.8 Å². The summed E-state index contributed by atoms with van der Waals surface area (Å²) in [5, 5.41) is 9.21. The molecule has 0 aromatic heterocycles. The molecule has 0 amide bonds. The van der Waals surface area contributed by atoms with Crippen molar-refractivity contribution in [2.75, 3.05) is 6.61 Å². The SMILES string of the molecule is CC.CCOC(=O)C(O)Oc1ccccc1. The molecule has 0 aliphatic rings. The maximum Gasteiger partial charge on any atom is 0.376 e. The molecule has 16 heavy (non-hydrogen) atoms. The lowest BCUT2D eigenvalue weighted by Crippen LogP contribution is -2.28. The Morgan fingerprint density at radius 2 is 1.88 bits per heavy atom. The van der Waals surface area contributed by atoms with Crippen molar-refractivity contribution in [3.05, 3.63) is 30.3 Å². The van der Waals surface area contributed by atoms with Gasteiger partial charge in [-0.15, -0.1) is 0 Å². The van der Waals surface area contributed by atoms with Gasteiger partial charge in [-0.2, -0.15) is 0 Å². The number of carbonyl (C=O) groups is 1. The second-order valence-electron chi connectivity index (χ2n) is 2.54. The van der Waals surface area contributed by atoms with Crippen LogP contribution >= 0.6 is 0 Å². The number of benzene rings is 1. The van der Waals surface area contributed by atoms with Crippen molar-refractivity contribution in [2.45, 2.75) is 27.1 Å². The summed E-state index contributed by atoms with van der Waals surface area (Å²) in [6, 6.07) is 8.58. The fourth-order valence-corrected chi connectivity index (χ4v) is 0.890. The quantitative estimate of drug-likeness (QED) is 0.630. The third kappa shape index (κ3) is 5.36. The Morgan fingerprint density at radius 3 is 2.38 bits per heavy atom. The number of aliphatic hydroxyl groups is 1. The maximum absolute atomic E-state index is 11.0. The minimum Gasteiger partial charge on any atom is -0.461 e. The first-order valence-electron chi connectivity index (χ1n) is 5.30. The van der Waals surface area contributed by atoms with Gasteiger partial charge in [0.25, 0.3) is 6.29 Å². The molecule has 1 aromatic carbocycles. The van der Waals surface area contributed by atoms with E-state index in [9.17, 15) is 9.90 Å². The predicted molar refractivity (Wildman–Crippen MR) is 61.1 cm³/mol. The van der Waals surface area contributed by atoms with Crippen LogP contribution in [0.5, 0.6) is 5.75 Å². The molecule has 0 fully saturated rings. The van der Waals surface area contributed by atoms with Crippen LogP contribution in [-0.4, -0.2) is 24.0 Å². The number of hydrogen-bond donors (Lipinski definition) is 1. The van der Waals surface area contributed by atoms with E-state index >= 15 is 0 Å². The van der Waals surface area contributed by atoms with Gasteiger partial charge in [0.05, 0.1) is 6.61 Å². The Kier molecular flexibility index (Phi) is 7.89. The van der Waals surface area contributed by atoms with Gasteiger partial charge in [-0.3, -0.25) is 0 Å². The lowest BCUT2D eigenvalue weighted by Gasteiger charge is -2.11. The smallest absolute Gasteiger partial charge is 0.376 e. The summed E-state index contributed by atoms with van der Waals surface area (Å²) in [5.74, 6) is -0.357. The highest BCUT2D eigenvalue weighted by atomic mass is 16.6. The molecule has 0 spiro atoms. The summed E-state index contributed by atoms with van der Waals surface area (Å²) in [6.07, 6.45) is -1.56. The molecule has 90 valence electrons. The lowest BCUT2D eigenvalue weighted by atomic mass is 10.3. The molecule has 1 rings (SSSR count). The van der Waals surface area contributed by atoms with Gasteiger partial charge in [-0.05, 0) is 19.1 Å². The molecule has 0 aliphatic heterocycles. The number of aliphatic hydroxyl groups excluding tert-OH is 1. The first-order chi connectivity index (χ1) is 7.74. The van der Waals surface area contributed by atoms with Crippen molar-refractivity contribution in [3.63, 3.8) is 0 Å². The molecule has 1 aromatic rings. The number of ether oxygens (including phenoxy) is 2. The summed E-state index contributed by atoms with van der Waals surface area (Å²) in [4.78, 5) is 11.0. The number of para-hydroxylation sites is 1. The van der Waals surface area contributed by atoms with Crippen LogP contribution in [0.1, 0.15) is 20.8 Å². The van der Waals surface area contributed by atoms with Gasteiger partial charge in [0, 0.05) is 0 Å². The monoisotopic (exact) mass is 226 g/mol. The van der Waals surface area contributed by atoms with Crippen molar-refractivity contribution in [1.29, 1.82) is 0 Å². The molecule has 0 bridgehead atoms. The largest absolute Gasteiger partial charge is 0.461 e. The van der Waals surface area contributed by atoms with Gasteiger partial charge in [0.2, 0.25) is 0 Å². The number of carbonyl (C=O) groups excluding carboxylic acids is 1. The standard InChI is InChI=1S/C10H12O4.C2H6/c1-2-13-9(11)10(12)14-8-6-4-3-5-7-8;1-2/h3-7,10,12H,2H2,1H3;1-2H3. The summed E-state index contributed by atoms with van der Waals surface area (Å²) in [6.45, 7) is 5.88. The van der Waals surface area contributed by atoms with Gasteiger partial charge in [0.15, 0.2) is 0 Å². The van der Waals surface area contributed by atoms with Crippen LogP contribution in [0.4, 0.5) is 0 Å². The van der Waals surface area contributed by atoms with Crippen LogP contribution in [0.2, 0.25) is 0 Å². The van der Waals surface area contributed by atoms with Gasteiger partial charge in [0.1, 0.15) is 5.75 Å². The number of rotatable bonds is 4. The van der Waals surface area contributed by atoms with E-state index in [1.54, 1.807) is 31.2 Å². The van der Waals surface area contributed by atoms with Crippen molar-refractivity contribution >= 4 is 5.97 Å². The maximum atomic E-state index is 11.0. The van der Waals surface area contributed by atoms with Gasteiger partial charge in [-0.1, -0.05) is 32.0 Å². The second-order valence-corrected chi connectivity index (χ2v) is 2.54. The van der Waals surface area contributed by atoms with E-state index in [2.05, 4.69) is 4.74 Å². The average Bonchev–Trinajstić information content (AvgIpc) is 2.33. The van der Waals surface area contributed by atoms with E-state index in [0.717, 1.165) is 0 Å². The third-order valence-corrected chi connectivity index (χ3v) is 1.48. The molecule has 1 unspecified atom stereocenters. The van der Waals surface area contributed by atoms with E-state index in [1.165, 1.54) is 0 Å². The highest BCUT2D eigenvalue weighted by molar-refractivity contribution is 5.73. The van der Waals surface area contributed by atoms with Gasteiger partial charge >= 0.3 is 5.97 Å². The zero-order chi connectivity index (χ0) is 12.4. The summed E-state index contributed by atoms with van der Waals surface area (Å²) >= 11 is 0. The van der Waals surface area contributed by atoms with Crippen LogP contribution in [-0.2, 0) is 9.53 Å². The minimum absolute atomic E-state index is 0.216. The predicted octanol–water partition coefficient (Wildman–Crippen LogP) is 1.97. The van der Waals surface area contributed by atoms with Gasteiger partial charge in [-0.25, -0.2) is 4.79 Å². The van der Waals surface area contributed by atoms with Crippen molar-refractivity contribution in [3.8, 4) is 5.75 Å². The van der Waals surface area contributed by atoms with Crippen LogP contribution < -0.4 is 4.74 Å². The fourth-order valence-electron chi connectivity index (χ4n) is 0.890. The van der Waals surface area contributed by atoms with E-state index in [0.29, 0.717) is 5.75 Å². The van der Waals surface area contributed by atoms with E-state index in [1.807, 2.05) is 19.9 Å². The first kappa shape index (κ1) is 14.5. The molecule has 0 aliphatic carbocycles. The normalized spacial score (nSPS) is 10.8. The molecule has 0 saturated carbocycles. The molecular formula is C12H18O4. The third-order valence-electron chi connectivity index (χ3n) is 1.48.